The lowest BCUT2D eigenvalue weighted by atomic mass is 10.2. The topological polar surface area (TPSA) is 96.7 Å². The molecule has 1 aliphatic heterocycles. The lowest BCUT2D eigenvalue weighted by Crippen LogP contribution is -2.35. The fourth-order valence-corrected chi connectivity index (χ4v) is 6.49. The zero-order chi connectivity index (χ0) is 23.7. The van der Waals surface area contributed by atoms with Crippen molar-refractivity contribution in [2.24, 2.45) is 0 Å². The number of rotatable bonds is 6. The second-order valence-corrected chi connectivity index (χ2v) is 11.6. The first-order valence-electron chi connectivity index (χ1n) is 11.2. The van der Waals surface area contributed by atoms with Crippen LogP contribution in [-0.4, -0.2) is 51.6 Å². The van der Waals surface area contributed by atoms with Gasteiger partial charge in [0.1, 0.15) is 0 Å². The van der Waals surface area contributed by atoms with E-state index in [1.807, 2.05) is 40.8 Å². The Labute approximate surface area is 202 Å². The van der Waals surface area contributed by atoms with Crippen molar-refractivity contribution in [1.29, 1.82) is 0 Å². The molecule has 0 bridgehead atoms. The van der Waals surface area contributed by atoms with Crippen molar-refractivity contribution in [1.82, 2.24) is 18.9 Å². The highest BCUT2D eigenvalue weighted by molar-refractivity contribution is 8.00. The van der Waals surface area contributed by atoms with Crippen LogP contribution in [0.3, 0.4) is 0 Å². The van der Waals surface area contributed by atoms with Gasteiger partial charge in [-0.05, 0) is 67.6 Å². The number of pyridine rings is 1. The number of piperidine rings is 1. The summed E-state index contributed by atoms with van der Waals surface area (Å²) < 4.78 is 29.1. The molecule has 2 aromatic heterocycles. The monoisotopic (exact) mass is 495 g/mol. The van der Waals surface area contributed by atoms with Gasteiger partial charge in [-0.1, -0.05) is 36.4 Å². The first-order valence-corrected chi connectivity index (χ1v) is 13.6. The zero-order valence-corrected chi connectivity index (χ0v) is 20.3. The van der Waals surface area contributed by atoms with E-state index in [2.05, 4.69) is 15.5 Å². The molecule has 2 aromatic carbocycles. The van der Waals surface area contributed by atoms with E-state index in [4.69, 9.17) is 0 Å². The van der Waals surface area contributed by atoms with Crippen molar-refractivity contribution in [3.8, 4) is 0 Å². The number of hydrogen-bond donors (Lipinski definition) is 1. The molecule has 1 N–H and O–H groups in total. The van der Waals surface area contributed by atoms with Crippen LogP contribution in [0.1, 0.15) is 26.2 Å². The standard InChI is InChI=1S/C24H25N5O3S2/c1-17(33-24-27-26-22-14-9-18-7-3-4-8-21(18)29(22)24)23(30)25-19-10-12-20(13-11-19)34(31,32)28-15-5-2-6-16-28/h3-4,7-14,17H,2,5-6,15-16H2,1H3,(H,25,30). The smallest absolute Gasteiger partial charge is 0.243 e. The molecule has 5 rings (SSSR count). The Hall–Kier alpha value is -2.95. The highest BCUT2D eigenvalue weighted by Crippen LogP contribution is 2.27. The summed E-state index contributed by atoms with van der Waals surface area (Å²) in [6.07, 6.45) is 2.84. The summed E-state index contributed by atoms with van der Waals surface area (Å²) in [5.74, 6) is -0.200. The molecule has 8 nitrogen and oxygen atoms in total. The van der Waals surface area contributed by atoms with E-state index in [-0.39, 0.29) is 10.8 Å². The summed E-state index contributed by atoms with van der Waals surface area (Å²) >= 11 is 1.32. The molecule has 176 valence electrons. The average molecular weight is 496 g/mol. The number of carbonyl (C=O) groups is 1. The molecule has 1 fully saturated rings. The maximum atomic E-state index is 12.9. The summed E-state index contributed by atoms with van der Waals surface area (Å²) in [4.78, 5) is 13.1. The van der Waals surface area contributed by atoms with Crippen LogP contribution in [0.25, 0.3) is 16.6 Å². The molecule has 10 heteroatoms. The van der Waals surface area contributed by atoms with Gasteiger partial charge in [0, 0.05) is 18.8 Å². The van der Waals surface area contributed by atoms with Crippen molar-refractivity contribution in [3.05, 3.63) is 60.7 Å². The van der Waals surface area contributed by atoms with Gasteiger partial charge < -0.3 is 5.32 Å². The van der Waals surface area contributed by atoms with Crippen LogP contribution in [0.5, 0.6) is 0 Å². The molecular weight excluding hydrogens is 470 g/mol. The predicted octanol–water partition coefficient (Wildman–Crippen LogP) is 4.18. The summed E-state index contributed by atoms with van der Waals surface area (Å²) in [6.45, 7) is 2.92. The molecule has 0 spiro atoms. The predicted molar refractivity (Wildman–Crippen MR) is 133 cm³/mol. The minimum atomic E-state index is -3.50. The van der Waals surface area contributed by atoms with Gasteiger partial charge in [-0.25, -0.2) is 8.42 Å². The van der Waals surface area contributed by atoms with E-state index in [0.717, 1.165) is 35.8 Å². The maximum absolute atomic E-state index is 12.9. The Kier molecular flexibility index (Phi) is 6.28. The van der Waals surface area contributed by atoms with Gasteiger partial charge in [0.15, 0.2) is 10.8 Å². The minimum Gasteiger partial charge on any atom is -0.325 e. The summed E-state index contributed by atoms with van der Waals surface area (Å²) in [7, 11) is -3.50. The molecule has 0 aliphatic carbocycles. The van der Waals surface area contributed by atoms with Crippen molar-refractivity contribution in [3.63, 3.8) is 0 Å². The highest BCUT2D eigenvalue weighted by Gasteiger charge is 2.26. The largest absolute Gasteiger partial charge is 0.325 e. The number of sulfonamides is 1. The zero-order valence-electron chi connectivity index (χ0n) is 18.7. The highest BCUT2D eigenvalue weighted by atomic mass is 32.2. The number of thioether (sulfide) groups is 1. The molecule has 0 radical (unpaired) electrons. The number of amides is 1. The Morgan fingerprint density at radius 1 is 0.971 bits per heavy atom. The van der Waals surface area contributed by atoms with Crippen LogP contribution in [0.15, 0.2) is 70.7 Å². The van der Waals surface area contributed by atoms with Gasteiger partial charge in [-0.15, -0.1) is 10.2 Å². The molecule has 4 aromatic rings. The molecule has 3 heterocycles. The Balaban J connectivity index is 1.29. The number of nitrogens with zero attached hydrogens (tertiary/aromatic N) is 4. The first-order chi connectivity index (χ1) is 16.4. The molecule has 1 saturated heterocycles. The third-order valence-electron chi connectivity index (χ3n) is 5.97. The SMILES string of the molecule is CC(Sc1nnc2ccc3ccccc3n12)C(=O)Nc1ccc(S(=O)(=O)N2CCCCC2)cc1. The fourth-order valence-electron chi connectivity index (χ4n) is 4.11. The number of carbonyl (C=O) groups excluding carboxylic acids is 1. The lowest BCUT2D eigenvalue weighted by Gasteiger charge is -2.25. The number of benzene rings is 2. The second kappa shape index (κ2) is 9.36. The number of hydrogen-bond acceptors (Lipinski definition) is 6. The van der Waals surface area contributed by atoms with Gasteiger partial charge in [0.25, 0.3) is 0 Å². The van der Waals surface area contributed by atoms with Crippen molar-refractivity contribution in [2.75, 3.05) is 18.4 Å². The van der Waals surface area contributed by atoms with Crippen LogP contribution in [0.2, 0.25) is 0 Å². The number of aromatic nitrogens is 3. The van der Waals surface area contributed by atoms with Gasteiger partial charge in [-0.3, -0.25) is 9.20 Å². The number of anilines is 1. The summed E-state index contributed by atoms with van der Waals surface area (Å²) in [5.41, 5.74) is 2.25. The summed E-state index contributed by atoms with van der Waals surface area (Å²) in [6, 6.07) is 18.2. The van der Waals surface area contributed by atoms with Crippen LogP contribution in [-0.2, 0) is 14.8 Å². The van der Waals surface area contributed by atoms with E-state index in [0.29, 0.717) is 23.9 Å². The second-order valence-electron chi connectivity index (χ2n) is 8.31. The van der Waals surface area contributed by atoms with E-state index >= 15 is 0 Å². The normalized spacial score (nSPS) is 16.0. The molecule has 0 saturated carbocycles. The quantitative estimate of drug-likeness (QED) is 0.403. The van der Waals surface area contributed by atoms with Crippen LogP contribution < -0.4 is 5.32 Å². The molecular formula is C24H25N5O3S2. The lowest BCUT2D eigenvalue weighted by molar-refractivity contribution is -0.115. The molecule has 34 heavy (non-hydrogen) atoms. The van der Waals surface area contributed by atoms with Crippen LogP contribution in [0, 0.1) is 0 Å². The van der Waals surface area contributed by atoms with Gasteiger partial charge in [-0.2, -0.15) is 4.31 Å². The molecule has 1 aliphatic rings. The Morgan fingerprint density at radius 2 is 1.71 bits per heavy atom. The van der Waals surface area contributed by atoms with E-state index in [1.165, 1.54) is 16.1 Å². The maximum Gasteiger partial charge on any atom is 0.243 e. The molecule has 1 unspecified atom stereocenters. The third-order valence-corrected chi connectivity index (χ3v) is 8.93. The van der Waals surface area contributed by atoms with E-state index < -0.39 is 15.3 Å². The Morgan fingerprint density at radius 3 is 2.47 bits per heavy atom. The van der Waals surface area contributed by atoms with E-state index in [9.17, 15) is 13.2 Å². The fraction of sp³-hybridized carbons (Fsp3) is 0.292. The molecule has 1 amide bonds. The Bertz CT molecular complexity index is 1440. The van der Waals surface area contributed by atoms with Crippen molar-refractivity contribution >= 4 is 49.9 Å². The minimum absolute atomic E-state index is 0.200. The van der Waals surface area contributed by atoms with E-state index in [1.54, 1.807) is 31.2 Å². The number of nitrogens with one attached hydrogen (secondary N) is 1. The molecule has 1 atom stereocenters. The average Bonchev–Trinajstić information content (AvgIpc) is 3.28. The van der Waals surface area contributed by atoms with Gasteiger partial charge in [0.05, 0.1) is 15.7 Å². The van der Waals surface area contributed by atoms with Crippen molar-refractivity contribution < 1.29 is 13.2 Å². The number of fused-ring (bicyclic) bond motifs is 3. The first kappa shape index (κ1) is 22.8. The summed E-state index contributed by atoms with van der Waals surface area (Å²) in [5, 5.41) is 12.6. The third kappa shape index (κ3) is 4.40. The van der Waals surface area contributed by atoms with Crippen molar-refractivity contribution in [2.45, 2.75) is 41.5 Å². The van der Waals surface area contributed by atoms with Gasteiger partial charge in [0.2, 0.25) is 15.9 Å². The van der Waals surface area contributed by atoms with Crippen LogP contribution >= 0.6 is 11.8 Å². The van der Waals surface area contributed by atoms with Gasteiger partial charge >= 0.3 is 0 Å². The number of para-hydroxylation sites is 1. The van der Waals surface area contributed by atoms with Crippen LogP contribution in [0.4, 0.5) is 5.69 Å².